The van der Waals surface area contributed by atoms with E-state index in [4.69, 9.17) is 26.1 Å². The summed E-state index contributed by atoms with van der Waals surface area (Å²) in [5.41, 5.74) is 3.01. The third-order valence-corrected chi connectivity index (χ3v) is 5.24. The standard InChI is InChI=1S/C24H23ClN2O2/c1-17-16-20(12-13-21(17)25)29-18(2)24-26-22-10-6-7-11-23(22)27(24)14-15-28-19-8-4-3-5-9-19/h3-13,16,18H,14-15H2,1-2H3. The molecule has 3 aromatic carbocycles. The minimum absolute atomic E-state index is 0.222. The van der Waals surface area contributed by atoms with E-state index < -0.39 is 0 Å². The van der Waals surface area contributed by atoms with Crippen molar-refractivity contribution in [2.45, 2.75) is 26.5 Å². The first-order valence-electron chi connectivity index (χ1n) is 9.67. The summed E-state index contributed by atoms with van der Waals surface area (Å²) in [5, 5.41) is 0.732. The van der Waals surface area contributed by atoms with Gasteiger partial charge in [-0.15, -0.1) is 0 Å². The van der Waals surface area contributed by atoms with Crippen molar-refractivity contribution in [2.75, 3.05) is 6.61 Å². The average Bonchev–Trinajstić information content (AvgIpc) is 3.10. The van der Waals surface area contributed by atoms with Gasteiger partial charge in [0.2, 0.25) is 0 Å². The van der Waals surface area contributed by atoms with Crippen LogP contribution < -0.4 is 9.47 Å². The summed E-state index contributed by atoms with van der Waals surface area (Å²) in [4.78, 5) is 4.83. The first kappa shape index (κ1) is 19.3. The second kappa shape index (κ2) is 8.58. The number of hydrogen-bond acceptors (Lipinski definition) is 3. The van der Waals surface area contributed by atoms with Crippen LogP contribution in [0.25, 0.3) is 11.0 Å². The fourth-order valence-corrected chi connectivity index (χ4v) is 3.48. The van der Waals surface area contributed by atoms with Gasteiger partial charge in [-0.1, -0.05) is 41.9 Å². The molecule has 0 saturated heterocycles. The zero-order valence-electron chi connectivity index (χ0n) is 16.5. The van der Waals surface area contributed by atoms with E-state index in [0.717, 1.165) is 38.9 Å². The highest BCUT2D eigenvalue weighted by atomic mass is 35.5. The lowest BCUT2D eigenvalue weighted by atomic mass is 10.2. The fourth-order valence-electron chi connectivity index (χ4n) is 3.36. The Balaban J connectivity index is 1.57. The SMILES string of the molecule is Cc1cc(OC(C)c2nc3ccccc3n2CCOc2ccccc2)ccc1Cl. The van der Waals surface area contributed by atoms with Crippen LogP contribution in [-0.2, 0) is 6.54 Å². The number of hydrogen-bond donors (Lipinski definition) is 0. The second-order valence-electron chi connectivity index (χ2n) is 6.94. The Hall–Kier alpha value is -2.98. The molecule has 0 amide bonds. The maximum Gasteiger partial charge on any atom is 0.153 e. The van der Waals surface area contributed by atoms with Crippen molar-refractivity contribution in [1.82, 2.24) is 9.55 Å². The molecule has 1 heterocycles. The summed E-state index contributed by atoms with van der Waals surface area (Å²) in [6, 6.07) is 23.6. The van der Waals surface area contributed by atoms with Crippen LogP contribution in [0.1, 0.15) is 24.4 Å². The molecule has 0 aliphatic heterocycles. The number of para-hydroxylation sites is 3. The fraction of sp³-hybridized carbons (Fsp3) is 0.208. The van der Waals surface area contributed by atoms with Crippen molar-refractivity contribution in [3.05, 3.63) is 89.2 Å². The van der Waals surface area contributed by atoms with Crippen LogP contribution in [0.15, 0.2) is 72.8 Å². The molecule has 0 N–H and O–H groups in total. The summed E-state index contributed by atoms with van der Waals surface area (Å²) < 4.78 is 14.3. The number of imidazole rings is 1. The molecule has 0 bridgehead atoms. The summed E-state index contributed by atoms with van der Waals surface area (Å²) >= 11 is 6.13. The minimum Gasteiger partial charge on any atom is -0.492 e. The van der Waals surface area contributed by atoms with Crippen molar-refractivity contribution in [1.29, 1.82) is 0 Å². The smallest absolute Gasteiger partial charge is 0.153 e. The van der Waals surface area contributed by atoms with Gasteiger partial charge in [0.15, 0.2) is 11.9 Å². The van der Waals surface area contributed by atoms with Crippen LogP contribution in [0.5, 0.6) is 11.5 Å². The molecule has 1 atom stereocenters. The van der Waals surface area contributed by atoms with E-state index >= 15 is 0 Å². The van der Waals surface area contributed by atoms with Crippen LogP contribution in [0, 0.1) is 6.92 Å². The number of aryl methyl sites for hydroxylation is 1. The number of benzene rings is 3. The van der Waals surface area contributed by atoms with Crippen molar-refractivity contribution in [3.8, 4) is 11.5 Å². The predicted molar refractivity (Wildman–Crippen MR) is 117 cm³/mol. The van der Waals surface area contributed by atoms with Crippen molar-refractivity contribution < 1.29 is 9.47 Å². The van der Waals surface area contributed by atoms with Gasteiger partial charge in [0, 0.05) is 5.02 Å². The van der Waals surface area contributed by atoms with E-state index in [1.54, 1.807) is 0 Å². The van der Waals surface area contributed by atoms with Gasteiger partial charge in [0.1, 0.15) is 18.1 Å². The molecule has 0 aliphatic carbocycles. The Morgan fingerprint density at radius 2 is 1.72 bits per heavy atom. The normalized spacial score (nSPS) is 12.1. The Kier molecular flexibility index (Phi) is 5.72. The Labute approximate surface area is 175 Å². The molecule has 4 nitrogen and oxygen atoms in total. The molecule has 4 rings (SSSR count). The van der Waals surface area contributed by atoms with E-state index in [2.05, 4.69) is 10.6 Å². The number of nitrogens with zero attached hydrogens (tertiary/aromatic N) is 2. The number of ether oxygens (including phenoxy) is 2. The van der Waals surface area contributed by atoms with Crippen molar-refractivity contribution >= 4 is 22.6 Å². The molecule has 0 fully saturated rings. The van der Waals surface area contributed by atoms with E-state index in [0.29, 0.717) is 13.2 Å². The number of halogens is 1. The molecule has 29 heavy (non-hydrogen) atoms. The van der Waals surface area contributed by atoms with Gasteiger partial charge in [-0.05, 0) is 61.9 Å². The lowest BCUT2D eigenvalue weighted by Gasteiger charge is -2.17. The molecule has 0 saturated carbocycles. The molecule has 4 aromatic rings. The van der Waals surface area contributed by atoms with Gasteiger partial charge < -0.3 is 14.0 Å². The summed E-state index contributed by atoms with van der Waals surface area (Å²) in [6.07, 6.45) is -0.222. The Morgan fingerprint density at radius 1 is 0.966 bits per heavy atom. The monoisotopic (exact) mass is 406 g/mol. The number of rotatable bonds is 7. The maximum atomic E-state index is 6.19. The molecule has 0 spiro atoms. The van der Waals surface area contributed by atoms with Crippen molar-refractivity contribution in [3.63, 3.8) is 0 Å². The highest BCUT2D eigenvalue weighted by Gasteiger charge is 2.18. The molecular formula is C24H23ClN2O2. The molecule has 148 valence electrons. The topological polar surface area (TPSA) is 36.3 Å². The quantitative estimate of drug-likeness (QED) is 0.365. The van der Waals surface area contributed by atoms with E-state index in [1.807, 2.05) is 80.6 Å². The molecule has 1 aromatic heterocycles. The van der Waals surface area contributed by atoms with E-state index in [9.17, 15) is 0 Å². The number of fused-ring (bicyclic) bond motifs is 1. The summed E-state index contributed by atoms with van der Waals surface area (Å²) in [6.45, 7) is 5.21. The molecule has 0 radical (unpaired) electrons. The van der Waals surface area contributed by atoms with Crippen LogP contribution in [-0.4, -0.2) is 16.2 Å². The lowest BCUT2D eigenvalue weighted by Crippen LogP contribution is -2.15. The van der Waals surface area contributed by atoms with E-state index in [-0.39, 0.29) is 6.10 Å². The van der Waals surface area contributed by atoms with Crippen molar-refractivity contribution in [2.24, 2.45) is 0 Å². The van der Waals surface area contributed by atoms with E-state index in [1.165, 1.54) is 0 Å². The predicted octanol–water partition coefficient (Wildman–Crippen LogP) is 6.22. The number of aromatic nitrogens is 2. The summed E-state index contributed by atoms with van der Waals surface area (Å²) in [7, 11) is 0. The average molecular weight is 407 g/mol. The van der Waals surface area contributed by atoms with Gasteiger partial charge in [-0.2, -0.15) is 0 Å². The minimum atomic E-state index is -0.222. The molecule has 5 heteroatoms. The summed E-state index contributed by atoms with van der Waals surface area (Å²) in [5.74, 6) is 2.51. The Bertz CT molecular complexity index is 1110. The van der Waals surface area contributed by atoms with Crippen LogP contribution >= 0.6 is 11.6 Å². The molecule has 0 aliphatic rings. The maximum absolute atomic E-state index is 6.19. The van der Waals surface area contributed by atoms with Gasteiger partial charge in [0.05, 0.1) is 17.6 Å². The first-order valence-corrected chi connectivity index (χ1v) is 10.1. The lowest BCUT2D eigenvalue weighted by molar-refractivity contribution is 0.207. The van der Waals surface area contributed by atoms with Crippen LogP contribution in [0.3, 0.4) is 0 Å². The van der Waals surface area contributed by atoms with Crippen LogP contribution in [0.4, 0.5) is 0 Å². The zero-order valence-corrected chi connectivity index (χ0v) is 17.3. The molecule has 1 unspecified atom stereocenters. The van der Waals surface area contributed by atoms with Gasteiger partial charge in [-0.3, -0.25) is 0 Å². The van der Waals surface area contributed by atoms with Gasteiger partial charge in [-0.25, -0.2) is 4.98 Å². The first-order chi connectivity index (χ1) is 14.1. The Morgan fingerprint density at radius 3 is 2.52 bits per heavy atom. The zero-order chi connectivity index (χ0) is 20.2. The largest absolute Gasteiger partial charge is 0.492 e. The van der Waals surface area contributed by atoms with Crippen LogP contribution in [0.2, 0.25) is 5.02 Å². The molecular weight excluding hydrogens is 384 g/mol. The van der Waals surface area contributed by atoms with Gasteiger partial charge >= 0.3 is 0 Å². The third kappa shape index (κ3) is 4.38. The third-order valence-electron chi connectivity index (χ3n) is 4.82. The highest BCUT2D eigenvalue weighted by molar-refractivity contribution is 6.31. The van der Waals surface area contributed by atoms with Gasteiger partial charge in [0.25, 0.3) is 0 Å². The highest BCUT2D eigenvalue weighted by Crippen LogP contribution is 2.27. The second-order valence-corrected chi connectivity index (χ2v) is 7.35.